The number of halogens is 1. The number of benzene rings is 3. The van der Waals surface area contributed by atoms with Crippen molar-refractivity contribution in [3.8, 4) is 5.75 Å². The molecular weight excluding hydrogens is 635 g/mol. The van der Waals surface area contributed by atoms with E-state index in [2.05, 4.69) is 5.32 Å². The normalized spacial score (nSPS) is 16.2. The van der Waals surface area contributed by atoms with E-state index in [1.54, 1.807) is 23.1 Å². The van der Waals surface area contributed by atoms with Crippen molar-refractivity contribution in [2.45, 2.75) is 25.9 Å². The first-order valence-corrected chi connectivity index (χ1v) is 14.5. The van der Waals surface area contributed by atoms with Crippen LogP contribution in [0.1, 0.15) is 40.9 Å². The molecule has 10 heteroatoms. The van der Waals surface area contributed by atoms with E-state index in [9.17, 15) is 19.5 Å². The van der Waals surface area contributed by atoms with Crippen molar-refractivity contribution >= 4 is 46.3 Å². The van der Waals surface area contributed by atoms with Crippen LogP contribution in [0.5, 0.6) is 5.75 Å². The summed E-state index contributed by atoms with van der Waals surface area (Å²) in [5, 5.41) is 14.6. The molecule has 3 aromatic carbocycles. The topological polar surface area (TPSA) is 102 Å². The number of morpholine rings is 1. The van der Waals surface area contributed by atoms with Gasteiger partial charge in [0.2, 0.25) is 0 Å². The van der Waals surface area contributed by atoms with Crippen LogP contribution in [-0.4, -0.2) is 58.9 Å². The highest BCUT2D eigenvalue weighted by Crippen LogP contribution is 2.39. The van der Waals surface area contributed by atoms with E-state index >= 15 is 0 Å². The highest BCUT2D eigenvalue weighted by atomic mass is 127. The number of nitrogens with one attached hydrogen (secondary N) is 1. The van der Waals surface area contributed by atoms with E-state index in [0.717, 1.165) is 11.1 Å². The summed E-state index contributed by atoms with van der Waals surface area (Å²) in [5.74, 6) is -1.53. The molecule has 0 radical (unpaired) electrons. The summed E-state index contributed by atoms with van der Waals surface area (Å²) in [6.45, 7) is 3.81. The number of phenols is 1. The number of amides is 3. The largest absolute Gasteiger partial charge is 0.505 e. The maximum atomic E-state index is 13.9. The van der Waals surface area contributed by atoms with Gasteiger partial charge in [0, 0.05) is 13.1 Å². The molecule has 0 spiro atoms. The van der Waals surface area contributed by atoms with Gasteiger partial charge in [0.15, 0.2) is 5.75 Å². The van der Waals surface area contributed by atoms with E-state index in [1.807, 2.05) is 90.5 Å². The Kier molecular flexibility index (Phi) is 8.89. The molecule has 1 saturated heterocycles. The molecule has 41 heavy (non-hydrogen) atoms. The number of carbonyl (C=O) groups excluding carboxylic acids is 3. The highest BCUT2D eigenvalue weighted by Gasteiger charge is 2.43. The number of ether oxygens (including phenoxy) is 1. The summed E-state index contributed by atoms with van der Waals surface area (Å²) in [6, 6.07) is 23.6. The Morgan fingerprint density at radius 2 is 1.63 bits per heavy atom. The summed E-state index contributed by atoms with van der Waals surface area (Å²) in [6.07, 6.45) is 0.664. The van der Waals surface area contributed by atoms with Gasteiger partial charge in [-0.25, -0.2) is 0 Å². The molecule has 0 bridgehead atoms. The Morgan fingerprint density at radius 1 is 0.976 bits per heavy atom. The molecule has 9 nitrogen and oxygen atoms in total. The Balaban J connectivity index is 1.53. The molecule has 0 unspecified atom stereocenters. The Morgan fingerprint density at radius 3 is 2.29 bits per heavy atom. The molecule has 2 heterocycles. The lowest BCUT2D eigenvalue weighted by molar-refractivity contribution is -0.138. The molecule has 3 aromatic rings. The molecule has 2 aliphatic heterocycles. The summed E-state index contributed by atoms with van der Waals surface area (Å²) in [7, 11) is 0. The molecule has 212 valence electrons. The smallest absolute Gasteiger partial charge is 0.280 e. The third kappa shape index (κ3) is 5.94. The summed E-state index contributed by atoms with van der Waals surface area (Å²) in [4.78, 5) is 43.8. The van der Waals surface area contributed by atoms with E-state index in [-0.39, 0.29) is 46.9 Å². The lowest BCUT2D eigenvalue weighted by Gasteiger charge is -2.28. The van der Waals surface area contributed by atoms with Crippen LogP contribution in [-0.2, 0) is 20.9 Å². The number of aromatic hydroxyl groups is 1. The standard InChI is InChI=1S/C31H31IN4O5/c1-2-24(22-12-7-4-8-13-22)33-26-27(31(40)35(30(26)39)20-21-10-5-3-6-11-21)36(32)25-15-9-14-23(28(25)37)29(38)34-16-18-41-19-17-34/h3-15,24,33,37H,2,16-20H2,1H3/t24-/m1/s1. The summed E-state index contributed by atoms with van der Waals surface area (Å²) in [5.41, 5.74) is 2.37. The van der Waals surface area contributed by atoms with Gasteiger partial charge in [-0.3, -0.25) is 22.4 Å². The van der Waals surface area contributed by atoms with Gasteiger partial charge in [0.1, 0.15) is 11.4 Å². The van der Waals surface area contributed by atoms with Crippen molar-refractivity contribution in [1.82, 2.24) is 15.1 Å². The SMILES string of the molecule is CC[C@@H](NC1=C(N(I)c2cccc(C(=O)N3CCOCC3)c2O)C(=O)N(Cc2ccccc2)C1=O)c1ccccc1. The van der Waals surface area contributed by atoms with Crippen LogP contribution in [0, 0.1) is 0 Å². The molecule has 2 N–H and O–H groups in total. The number of para-hydroxylation sites is 1. The fourth-order valence-electron chi connectivity index (χ4n) is 4.99. The maximum Gasteiger partial charge on any atom is 0.280 e. The minimum absolute atomic E-state index is 0.0900. The number of carbonyl (C=O) groups is 3. The van der Waals surface area contributed by atoms with Crippen molar-refractivity contribution < 1.29 is 24.2 Å². The predicted molar refractivity (Wildman–Crippen MR) is 163 cm³/mol. The predicted octanol–water partition coefficient (Wildman–Crippen LogP) is 4.54. The van der Waals surface area contributed by atoms with Gasteiger partial charge in [0.25, 0.3) is 17.7 Å². The Bertz CT molecular complexity index is 1460. The molecule has 0 aromatic heterocycles. The molecular formula is C31H31IN4O5. The third-order valence-corrected chi connectivity index (χ3v) is 8.21. The van der Waals surface area contributed by atoms with Gasteiger partial charge < -0.3 is 20.1 Å². The number of nitrogens with zero attached hydrogens (tertiary/aromatic N) is 3. The second kappa shape index (κ2) is 12.7. The second-order valence-corrected chi connectivity index (χ2v) is 10.7. The van der Waals surface area contributed by atoms with Crippen molar-refractivity contribution in [2.24, 2.45) is 0 Å². The number of hydrogen-bond acceptors (Lipinski definition) is 7. The summed E-state index contributed by atoms with van der Waals surface area (Å²) >= 11 is 1.92. The van der Waals surface area contributed by atoms with Crippen LogP contribution in [0.25, 0.3) is 0 Å². The zero-order valence-electron chi connectivity index (χ0n) is 22.6. The maximum absolute atomic E-state index is 13.9. The van der Waals surface area contributed by atoms with Gasteiger partial charge in [-0.05, 0) is 29.7 Å². The van der Waals surface area contributed by atoms with Crippen LogP contribution in [0.4, 0.5) is 5.69 Å². The van der Waals surface area contributed by atoms with E-state index in [1.165, 1.54) is 8.01 Å². The fourth-order valence-corrected chi connectivity index (χ4v) is 5.82. The van der Waals surface area contributed by atoms with Crippen molar-refractivity contribution in [2.75, 3.05) is 29.4 Å². The number of rotatable bonds is 9. The van der Waals surface area contributed by atoms with Crippen molar-refractivity contribution in [3.63, 3.8) is 0 Å². The van der Waals surface area contributed by atoms with Crippen molar-refractivity contribution in [3.05, 3.63) is 107 Å². The first-order valence-electron chi connectivity index (χ1n) is 13.5. The number of anilines is 1. The van der Waals surface area contributed by atoms with E-state index < -0.39 is 11.8 Å². The first kappa shape index (κ1) is 28.6. The first-order chi connectivity index (χ1) is 19.9. The van der Waals surface area contributed by atoms with E-state index in [0.29, 0.717) is 32.7 Å². The minimum Gasteiger partial charge on any atom is -0.505 e. The van der Waals surface area contributed by atoms with Crippen LogP contribution < -0.4 is 8.43 Å². The molecule has 1 atom stereocenters. The van der Waals surface area contributed by atoms with Gasteiger partial charge >= 0.3 is 0 Å². The van der Waals surface area contributed by atoms with Gasteiger partial charge in [-0.2, -0.15) is 0 Å². The van der Waals surface area contributed by atoms with Crippen LogP contribution in [0.2, 0.25) is 0 Å². The van der Waals surface area contributed by atoms with Crippen LogP contribution in [0.15, 0.2) is 90.3 Å². The zero-order valence-corrected chi connectivity index (χ0v) is 24.8. The zero-order chi connectivity index (χ0) is 28.9. The average Bonchev–Trinajstić information content (AvgIpc) is 3.24. The minimum atomic E-state index is -0.497. The number of phenolic OH excluding ortho intramolecular Hbond substituents is 1. The second-order valence-electron chi connectivity index (χ2n) is 9.78. The van der Waals surface area contributed by atoms with Crippen molar-refractivity contribution in [1.29, 1.82) is 0 Å². The van der Waals surface area contributed by atoms with Gasteiger partial charge in [-0.1, -0.05) is 73.7 Å². The highest BCUT2D eigenvalue weighted by molar-refractivity contribution is 14.1. The molecule has 1 fully saturated rings. The summed E-state index contributed by atoms with van der Waals surface area (Å²) < 4.78 is 6.82. The average molecular weight is 667 g/mol. The molecule has 0 aliphatic carbocycles. The Hall–Kier alpha value is -3.90. The van der Waals surface area contributed by atoms with Gasteiger partial charge in [0.05, 0.1) is 59.9 Å². The molecule has 2 aliphatic rings. The number of hydrogen-bond donors (Lipinski definition) is 2. The lowest BCUT2D eigenvalue weighted by atomic mass is 10.0. The van der Waals surface area contributed by atoms with Gasteiger partial charge in [-0.15, -0.1) is 0 Å². The van der Waals surface area contributed by atoms with E-state index in [4.69, 9.17) is 4.74 Å². The van der Waals surface area contributed by atoms with Crippen LogP contribution in [0.3, 0.4) is 0 Å². The fraction of sp³-hybridized carbons (Fsp3) is 0.258. The third-order valence-electron chi connectivity index (χ3n) is 7.21. The monoisotopic (exact) mass is 666 g/mol. The van der Waals surface area contributed by atoms with Crippen LogP contribution >= 0.6 is 22.9 Å². The molecule has 5 rings (SSSR count). The number of imide groups is 1. The lowest BCUT2D eigenvalue weighted by Crippen LogP contribution is -2.40. The Labute approximate surface area is 252 Å². The molecule has 0 saturated carbocycles. The quantitative estimate of drug-likeness (QED) is 0.197. The molecule has 3 amide bonds.